The Morgan fingerprint density at radius 1 is 1.28 bits per heavy atom. The van der Waals surface area contributed by atoms with Crippen molar-refractivity contribution < 1.29 is 14.6 Å². The first-order valence-corrected chi connectivity index (χ1v) is 8.95. The molecule has 1 aromatic heterocycles. The fourth-order valence-electron chi connectivity index (χ4n) is 2.44. The highest BCUT2D eigenvalue weighted by Crippen LogP contribution is 2.35. The molecule has 1 N–H and O–H groups in total. The first-order valence-electron chi connectivity index (χ1n) is 7.69. The Labute approximate surface area is 154 Å². The molecule has 1 unspecified atom stereocenters. The summed E-state index contributed by atoms with van der Waals surface area (Å²) in [6, 6.07) is 15.3. The van der Waals surface area contributed by atoms with Gasteiger partial charge in [0.2, 0.25) is 0 Å². The van der Waals surface area contributed by atoms with E-state index in [1.165, 1.54) is 11.3 Å². The van der Waals surface area contributed by atoms with Gasteiger partial charge in [-0.15, -0.1) is 11.3 Å². The normalized spacial score (nSPS) is 11.9. The van der Waals surface area contributed by atoms with Crippen LogP contribution in [0.1, 0.15) is 39.5 Å². The van der Waals surface area contributed by atoms with Gasteiger partial charge in [-0.1, -0.05) is 48.9 Å². The Bertz CT molecular complexity index is 879. The zero-order valence-electron chi connectivity index (χ0n) is 13.5. The summed E-state index contributed by atoms with van der Waals surface area (Å²) in [5.74, 6) is -0.434. The van der Waals surface area contributed by atoms with E-state index in [0.717, 1.165) is 11.1 Å². The van der Waals surface area contributed by atoms with Crippen LogP contribution in [-0.2, 0) is 6.61 Å². The van der Waals surface area contributed by atoms with Crippen molar-refractivity contribution in [2.45, 2.75) is 19.4 Å². The van der Waals surface area contributed by atoms with Crippen LogP contribution in [0.3, 0.4) is 0 Å². The Balaban J connectivity index is 1.86. The number of aromatic carboxylic acids is 1. The molecule has 6 heteroatoms. The van der Waals surface area contributed by atoms with Crippen LogP contribution in [0.15, 0.2) is 53.9 Å². The summed E-state index contributed by atoms with van der Waals surface area (Å²) in [7, 11) is 0. The van der Waals surface area contributed by atoms with Crippen molar-refractivity contribution in [1.29, 1.82) is 0 Å². The van der Waals surface area contributed by atoms with E-state index in [0.29, 0.717) is 22.4 Å². The molecular formula is C19H16ClNO3S. The molecule has 4 nitrogen and oxygen atoms in total. The number of carboxylic acid groups (broad SMARTS) is 1. The predicted octanol–water partition coefficient (Wildman–Crippen LogP) is 5.23. The first-order chi connectivity index (χ1) is 12.0. The van der Waals surface area contributed by atoms with E-state index in [9.17, 15) is 4.79 Å². The molecular weight excluding hydrogens is 358 g/mol. The lowest BCUT2D eigenvalue weighted by Crippen LogP contribution is -2.03. The molecule has 0 spiro atoms. The third kappa shape index (κ3) is 4.18. The maximum absolute atomic E-state index is 11.1. The van der Waals surface area contributed by atoms with Gasteiger partial charge in [0, 0.05) is 21.9 Å². The van der Waals surface area contributed by atoms with Gasteiger partial charge < -0.3 is 9.84 Å². The van der Waals surface area contributed by atoms with Crippen LogP contribution in [0.4, 0.5) is 0 Å². The van der Waals surface area contributed by atoms with Crippen molar-refractivity contribution in [3.63, 3.8) is 0 Å². The summed E-state index contributed by atoms with van der Waals surface area (Å²) < 4.78 is 5.98. The molecule has 2 aromatic carbocycles. The minimum absolute atomic E-state index is 0.0561. The fraction of sp³-hybridized carbons (Fsp3) is 0.158. The van der Waals surface area contributed by atoms with Crippen molar-refractivity contribution in [2.75, 3.05) is 0 Å². The van der Waals surface area contributed by atoms with E-state index in [1.54, 1.807) is 11.4 Å². The number of aromatic nitrogens is 1. The highest BCUT2D eigenvalue weighted by Gasteiger charge is 2.19. The number of benzene rings is 2. The molecule has 1 atom stereocenters. The van der Waals surface area contributed by atoms with E-state index in [2.05, 4.69) is 4.98 Å². The molecule has 0 radical (unpaired) electrons. The maximum atomic E-state index is 11.1. The van der Waals surface area contributed by atoms with Crippen LogP contribution in [0.5, 0.6) is 5.75 Å². The van der Waals surface area contributed by atoms with Crippen LogP contribution in [0, 0.1) is 0 Å². The van der Waals surface area contributed by atoms with E-state index in [4.69, 9.17) is 21.4 Å². The SMILES string of the molecule is CC(c1nc(C(=O)O)cs1)c1cc(Cl)ccc1OCc1ccccc1. The molecule has 0 bridgehead atoms. The highest BCUT2D eigenvalue weighted by molar-refractivity contribution is 7.10. The number of carbonyl (C=O) groups is 1. The number of hydrogen-bond donors (Lipinski definition) is 1. The lowest BCUT2D eigenvalue weighted by molar-refractivity contribution is 0.0691. The number of halogens is 1. The molecule has 1 heterocycles. The average molecular weight is 374 g/mol. The van der Waals surface area contributed by atoms with Crippen molar-refractivity contribution >= 4 is 28.9 Å². The Morgan fingerprint density at radius 3 is 2.72 bits per heavy atom. The van der Waals surface area contributed by atoms with Crippen molar-refractivity contribution in [3.8, 4) is 5.75 Å². The van der Waals surface area contributed by atoms with Crippen LogP contribution in [-0.4, -0.2) is 16.1 Å². The molecule has 0 aliphatic heterocycles. The van der Waals surface area contributed by atoms with Crippen molar-refractivity contribution in [3.05, 3.63) is 80.8 Å². The van der Waals surface area contributed by atoms with Gasteiger partial charge in [0.05, 0.1) is 0 Å². The third-order valence-electron chi connectivity index (χ3n) is 3.79. The number of thiazole rings is 1. The molecule has 3 rings (SSSR count). The summed E-state index contributed by atoms with van der Waals surface area (Å²) in [5.41, 5.74) is 2.01. The minimum Gasteiger partial charge on any atom is -0.489 e. The predicted molar refractivity (Wildman–Crippen MR) is 98.8 cm³/mol. The molecule has 0 fully saturated rings. The summed E-state index contributed by atoms with van der Waals surface area (Å²) in [5, 5.41) is 11.9. The van der Waals surface area contributed by atoms with Crippen LogP contribution < -0.4 is 4.74 Å². The average Bonchev–Trinajstić information content (AvgIpc) is 3.11. The molecule has 3 aromatic rings. The molecule has 0 saturated carbocycles. The van der Waals surface area contributed by atoms with Gasteiger partial charge in [0.15, 0.2) is 5.69 Å². The number of ether oxygens (including phenoxy) is 1. The maximum Gasteiger partial charge on any atom is 0.355 e. The monoisotopic (exact) mass is 373 g/mol. The molecule has 25 heavy (non-hydrogen) atoms. The number of carboxylic acids is 1. The second kappa shape index (κ2) is 7.68. The van der Waals surface area contributed by atoms with Gasteiger partial charge in [-0.2, -0.15) is 0 Å². The quantitative estimate of drug-likeness (QED) is 0.643. The van der Waals surface area contributed by atoms with Gasteiger partial charge in [-0.25, -0.2) is 9.78 Å². The Morgan fingerprint density at radius 2 is 2.04 bits per heavy atom. The smallest absolute Gasteiger partial charge is 0.355 e. The van der Waals surface area contributed by atoms with Crippen LogP contribution >= 0.6 is 22.9 Å². The third-order valence-corrected chi connectivity index (χ3v) is 5.05. The fourth-order valence-corrected chi connectivity index (χ4v) is 3.49. The minimum atomic E-state index is -1.03. The second-order valence-corrected chi connectivity index (χ2v) is 6.88. The van der Waals surface area contributed by atoms with E-state index in [-0.39, 0.29) is 11.6 Å². The van der Waals surface area contributed by atoms with Crippen molar-refractivity contribution in [2.24, 2.45) is 0 Å². The second-order valence-electron chi connectivity index (χ2n) is 5.55. The summed E-state index contributed by atoms with van der Waals surface area (Å²) in [6.45, 7) is 2.41. The summed E-state index contributed by atoms with van der Waals surface area (Å²) in [4.78, 5) is 15.2. The number of rotatable bonds is 6. The van der Waals surface area contributed by atoms with Crippen LogP contribution in [0.25, 0.3) is 0 Å². The zero-order valence-corrected chi connectivity index (χ0v) is 15.1. The van der Waals surface area contributed by atoms with Gasteiger partial charge in [-0.05, 0) is 23.8 Å². The molecule has 0 saturated heterocycles. The molecule has 0 aliphatic carbocycles. The van der Waals surface area contributed by atoms with E-state index < -0.39 is 5.97 Å². The van der Waals surface area contributed by atoms with Gasteiger partial charge in [0.1, 0.15) is 17.4 Å². The summed E-state index contributed by atoms with van der Waals surface area (Å²) >= 11 is 7.47. The van der Waals surface area contributed by atoms with Gasteiger partial charge >= 0.3 is 5.97 Å². The van der Waals surface area contributed by atoms with Crippen molar-refractivity contribution in [1.82, 2.24) is 4.98 Å². The molecule has 0 aliphatic rings. The van der Waals surface area contributed by atoms with E-state index in [1.807, 2.05) is 49.4 Å². The largest absolute Gasteiger partial charge is 0.489 e. The zero-order chi connectivity index (χ0) is 17.8. The van der Waals surface area contributed by atoms with Gasteiger partial charge in [-0.3, -0.25) is 0 Å². The lowest BCUT2D eigenvalue weighted by atomic mass is 10.0. The highest BCUT2D eigenvalue weighted by atomic mass is 35.5. The van der Waals surface area contributed by atoms with Crippen LogP contribution in [0.2, 0.25) is 5.02 Å². The number of hydrogen-bond acceptors (Lipinski definition) is 4. The Kier molecular flexibility index (Phi) is 5.36. The topological polar surface area (TPSA) is 59.4 Å². The summed E-state index contributed by atoms with van der Waals surface area (Å²) in [6.07, 6.45) is 0. The standard InChI is InChI=1S/C19H16ClNO3S/c1-12(18-21-16(11-25-18)19(22)23)15-9-14(20)7-8-17(15)24-10-13-5-3-2-4-6-13/h2-9,11-12H,10H2,1H3,(H,22,23). The first kappa shape index (κ1) is 17.5. The molecule has 128 valence electrons. The molecule has 0 amide bonds. The Hall–Kier alpha value is -2.37. The van der Waals surface area contributed by atoms with E-state index >= 15 is 0 Å². The number of nitrogens with zero attached hydrogens (tertiary/aromatic N) is 1. The van der Waals surface area contributed by atoms with Gasteiger partial charge in [0.25, 0.3) is 0 Å². The lowest BCUT2D eigenvalue weighted by Gasteiger charge is -2.16.